The van der Waals surface area contributed by atoms with Gasteiger partial charge in [0.05, 0.1) is 17.7 Å². The van der Waals surface area contributed by atoms with Crippen LogP contribution in [0.5, 0.6) is 0 Å². The Hall–Kier alpha value is -1.88. The van der Waals surface area contributed by atoms with Gasteiger partial charge in [-0.2, -0.15) is 11.3 Å². The maximum Gasteiger partial charge on any atom is 0.315 e. The predicted octanol–water partition coefficient (Wildman–Crippen LogP) is 4.00. The van der Waals surface area contributed by atoms with Crippen LogP contribution < -0.4 is 0 Å². The Kier molecular flexibility index (Phi) is 4.66. The van der Waals surface area contributed by atoms with Crippen LogP contribution >= 0.6 is 11.3 Å². The van der Waals surface area contributed by atoms with Gasteiger partial charge in [0.2, 0.25) is 5.78 Å². The largest absolute Gasteiger partial charge is 0.462 e. The molecule has 2 aromatic heterocycles. The van der Waals surface area contributed by atoms with Crippen molar-refractivity contribution in [1.29, 1.82) is 0 Å². The molecule has 0 aromatic carbocycles. The molecular formula is C18H21NO3S. The lowest BCUT2D eigenvalue weighted by Gasteiger charge is -2.17. The second kappa shape index (κ2) is 6.71. The summed E-state index contributed by atoms with van der Waals surface area (Å²) in [5.74, 6) is -0.435. The van der Waals surface area contributed by atoms with Crippen LogP contribution in [0, 0.1) is 0 Å². The van der Waals surface area contributed by atoms with Gasteiger partial charge in [-0.3, -0.25) is 9.59 Å². The average Bonchev–Trinajstić information content (AvgIpc) is 3.12. The SMILES string of the molecule is CC(C)OC(=O)C1CCCCn2c(C(=O)c3ccsc3)ccc21. The lowest BCUT2D eigenvalue weighted by molar-refractivity contribution is -0.149. The normalized spacial score (nSPS) is 17.6. The second-order valence-electron chi connectivity index (χ2n) is 6.17. The highest BCUT2D eigenvalue weighted by atomic mass is 32.1. The number of esters is 1. The van der Waals surface area contributed by atoms with Crippen molar-refractivity contribution in [3.05, 3.63) is 45.9 Å². The van der Waals surface area contributed by atoms with Gasteiger partial charge in [-0.15, -0.1) is 0 Å². The van der Waals surface area contributed by atoms with Gasteiger partial charge in [0.15, 0.2) is 0 Å². The van der Waals surface area contributed by atoms with Gasteiger partial charge in [-0.05, 0) is 50.3 Å². The van der Waals surface area contributed by atoms with Gasteiger partial charge in [0.25, 0.3) is 0 Å². The quantitative estimate of drug-likeness (QED) is 0.628. The van der Waals surface area contributed by atoms with Crippen molar-refractivity contribution in [2.45, 2.75) is 51.7 Å². The molecule has 5 heteroatoms. The van der Waals surface area contributed by atoms with Crippen LogP contribution in [0.2, 0.25) is 0 Å². The van der Waals surface area contributed by atoms with Crippen molar-refractivity contribution in [3.63, 3.8) is 0 Å². The number of hydrogen-bond donors (Lipinski definition) is 0. The summed E-state index contributed by atoms with van der Waals surface area (Å²) < 4.78 is 7.42. The summed E-state index contributed by atoms with van der Waals surface area (Å²) in [6.45, 7) is 4.50. The molecule has 0 spiro atoms. The maximum atomic E-state index is 12.7. The minimum absolute atomic E-state index is 0.0235. The molecule has 3 rings (SSSR count). The Balaban J connectivity index is 1.94. The molecule has 1 atom stereocenters. The first-order chi connectivity index (χ1) is 11.1. The first-order valence-electron chi connectivity index (χ1n) is 8.04. The molecule has 1 aliphatic rings. The fourth-order valence-corrected chi connectivity index (χ4v) is 3.73. The topological polar surface area (TPSA) is 48.3 Å². The Labute approximate surface area is 140 Å². The minimum atomic E-state index is -0.274. The average molecular weight is 331 g/mol. The molecule has 0 radical (unpaired) electrons. The number of fused-ring (bicyclic) bond motifs is 1. The van der Waals surface area contributed by atoms with Crippen LogP contribution in [-0.2, 0) is 16.1 Å². The predicted molar refractivity (Wildman–Crippen MR) is 90.0 cm³/mol. The number of nitrogens with zero attached hydrogens (tertiary/aromatic N) is 1. The smallest absolute Gasteiger partial charge is 0.315 e. The van der Waals surface area contributed by atoms with Crippen molar-refractivity contribution < 1.29 is 14.3 Å². The summed E-state index contributed by atoms with van der Waals surface area (Å²) in [7, 11) is 0. The molecule has 1 aliphatic heterocycles. The zero-order valence-electron chi connectivity index (χ0n) is 13.5. The first kappa shape index (κ1) is 16.0. The van der Waals surface area contributed by atoms with Gasteiger partial charge in [-0.25, -0.2) is 0 Å². The molecule has 0 saturated heterocycles. The summed E-state index contributed by atoms with van der Waals surface area (Å²) in [4.78, 5) is 25.1. The van der Waals surface area contributed by atoms with Crippen molar-refractivity contribution in [2.75, 3.05) is 0 Å². The minimum Gasteiger partial charge on any atom is -0.462 e. The first-order valence-corrected chi connectivity index (χ1v) is 8.99. The summed E-state index contributed by atoms with van der Waals surface area (Å²) in [6.07, 6.45) is 2.59. The third-order valence-electron chi connectivity index (χ3n) is 4.15. The zero-order chi connectivity index (χ0) is 16.4. The van der Waals surface area contributed by atoms with E-state index in [2.05, 4.69) is 0 Å². The summed E-state index contributed by atoms with van der Waals surface area (Å²) in [6, 6.07) is 5.60. The molecule has 0 aliphatic carbocycles. The highest BCUT2D eigenvalue weighted by molar-refractivity contribution is 7.08. The van der Waals surface area contributed by atoms with Crippen molar-refractivity contribution >= 4 is 23.1 Å². The van der Waals surface area contributed by atoms with E-state index in [1.807, 2.05) is 47.4 Å². The monoisotopic (exact) mass is 331 g/mol. The zero-order valence-corrected chi connectivity index (χ0v) is 14.3. The molecule has 23 heavy (non-hydrogen) atoms. The van der Waals surface area contributed by atoms with E-state index in [0.29, 0.717) is 11.3 Å². The van der Waals surface area contributed by atoms with Gasteiger partial charge >= 0.3 is 5.97 Å². The molecule has 4 nitrogen and oxygen atoms in total. The number of aromatic nitrogens is 1. The van der Waals surface area contributed by atoms with Crippen LogP contribution in [0.1, 0.15) is 60.8 Å². The van der Waals surface area contributed by atoms with E-state index in [1.54, 1.807) is 0 Å². The van der Waals surface area contributed by atoms with E-state index in [1.165, 1.54) is 11.3 Å². The number of carbonyl (C=O) groups excluding carboxylic acids is 2. The van der Waals surface area contributed by atoms with Crippen LogP contribution in [0.3, 0.4) is 0 Å². The molecular weight excluding hydrogens is 310 g/mol. The fourth-order valence-electron chi connectivity index (χ4n) is 3.10. The molecule has 0 saturated carbocycles. The van der Waals surface area contributed by atoms with E-state index < -0.39 is 0 Å². The lowest BCUT2D eigenvalue weighted by atomic mass is 10.00. The lowest BCUT2D eigenvalue weighted by Crippen LogP contribution is -2.21. The van der Waals surface area contributed by atoms with Gasteiger partial charge in [-0.1, -0.05) is 6.42 Å². The molecule has 0 N–H and O–H groups in total. The molecule has 1 unspecified atom stereocenters. The Morgan fingerprint density at radius 2 is 2.09 bits per heavy atom. The standard InChI is InChI=1S/C18H21NO3S/c1-12(2)22-18(21)14-5-3-4-9-19-15(14)6-7-16(19)17(20)13-8-10-23-11-13/h6-8,10-12,14H,3-5,9H2,1-2H3. The van der Waals surface area contributed by atoms with E-state index in [-0.39, 0.29) is 23.8 Å². The Morgan fingerprint density at radius 3 is 2.78 bits per heavy atom. The number of ether oxygens (including phenoxy) is 1. The summed E-state index contributed by atoms with van der Waals surface area (Å²) in [5, 5.41) is 3.77. The van der Waals surface area contributed by atoms with E-state index in [0.717, 1.165) is 31.5 Å². The number of carbonyl (C=O) groups is 2. The fraction of sp³-hybridized carbons (Fsp3) is 0.444. The third kappa shape index (κ3) is 3.24. The molecule has 122 valence electrons. The van der Waals surface area contributed by atoms with Gasteiger partial charge < -0.3 is 9.30 Å². The van der Waals surface area contributed by atoms with E-state index in [9.17, 15) is 9.59 Å². The number of thiophene rings is 1. The number of ketones is 1. The molecule has 0 fully saturated rings. The van der Waals surface area contributed by atoms with Crippen molar-refractivity contribution in [2.24, 2.45) is 0 Å². The molecule has 0 amide bonds. The third-order valence-corrected chi connectivity index (χ3v) is 4.83. The summed E-state index contributed by atoms with van der Waals surface area (Å²) >= 11 is 1.51. The maximum absolute atomic E-state index is 12.7. The highest BCUT2D eigenvalue weighted by Gasteiger charge is 2.30. The molecule has 0 bridgehead atoms. The number of rotatable bonds is 4. The van der Waals surface area contributed by atoms with Crippen LogP contribution in [0.4, 0.5) is 0 Å². The molecule has 2 aromatic rings. The van der Waals surface area contributed by atoms with E-state index >= 15 is 0 Å². The Bertz CT molecular complexity index is 700. The van der Waals surface area contributed by atoms with Crippen LogP contribution in [-0.4, -0.2) is 22.4 Å². The van der Waals surface area contributed by atoms with Crippen LogP contribution in [0.15, 0.2) is 29.0 Å². The van der Waals surface area contributed by atoms with Crippen LogP contribution in [0.25, 0.3) is 0 Å². The second-order valence-corrected chi connectivity index (χ2v) is 6.95. The van der Waals surface area contributed by atoms with E-state index in [4.69, 9.17) is 4.74 Å². The Morgan fingerprint density at radius 1 is 1.26 bits per heavy atom. The van der Waals surface area contributed by atoms with Crippen molar-refractivity contribution in [3.8, 4) is 0 Å². The number of hydrogen-bond acceptors (Lipinski definition) is 4. The summed E-state index contributed by atoms with van der Waals surface area (Å²) in [5.41, 5.74) is 2.29. The molecule has 3 heterocycles. The van der Waals surface area contributed by atoms with Gasteiger partial charge in [0, 0.05) is 23.2 Å². The van der Waals surface area contributed by atoms with Crippen molar-refractivity contribution in [1.82, 2.24) is 4.57 Å². The highest BCUT2D eigenvalue weighted by Crippen LogP contribution is 2.31. The van der Waals surface area contributed by atoms with Gasteiger partial charge in [0.1, 0.15) is 0 Å².